The zero-order valence-electron chi connectivity index (χ0n) is 12.3. The van der Waals surface area contributed by atoms with Gasteiger partial charge >= 0.3 is 11.9 Å². The highest BCUT2D eigenvalue weighted by Gasteiger charge is 2.23. The minimum atomic E-state index is -0.652. The summed E-state index contributed by atoms with van der Waals surface area (Å²) in [5, 5.41) is 23.4. The fourth-order valence-electron chi connectivity index (χ4n) is 1.93. The van der Waals surface area contributed by atoms with Crippen molar-refractivity contribution in [1.82, 2.24) is 25.5 Å². The van der Waals surface area contributed by atoms with Gasteiger partial charge in [-0.05, 0) is 6.07 Å². The number of nitro groups is 1. The van der Waals surface area contributed by atoms with Crippen LogP contribution in [0.4, 0.5) is 10.7 Å². The third kappa shape index (κ3) is 2.63. The topological polar surface area (TPSA) is 166 Å². The van der Waals surface area contributed by atoms with Gasteiger partial charge in [0.25, 0.3) is 0 Å². The Morgan fingerprint density at radius 1 is 1.50 bits per heavy atom. The van der Waals surface area contributed by atoms with Crippen molar-refractivity contribution in [2.24, 2.45) is 5.73 Å². The summed E-state index contributed by atoms with van der Waals surface area (Å²) in [6.07, 6.45) is 2.89. The number of carbonyl (C=O) groups excluding carboxylic acids is 1. The van der Waals surface area contributed by atoms with E-state index in [1.54, 1.807) is 0 Å². The van der Waals surface area contributed by atoms with Crippen LogP contribution in [0, 0.1) is 10.1 Å². The first-order chi connectivity index (χ1) is 11.5. The van der Waals surface area contributed by atoms with Crippen molar-refractivity contribution >= 4 is 18.0 Å². The number of fused-ring (bicyclic) bond motifs is 1. The predicted molar refractivity (Wildman–Crippen MR) is 81.6 cm³/mol. The number of nitrogens with two attached hydrogens (primary N) is 1. The van der Waals surface area contributed by atoms with Crippen LogP contribution in [0.25, 0.3) is 17.7 Å². The Kier molecular flexibility index (Phi) is 3.61. The third-order valence-electron chi connectivity index (χ3n) is 3.08. The number of amides is 2. The zero-order valence-corrected chi connectivity index (χ0v) is 12.3. The van der Waals surface area contributed by atoms with Crippen molar-refractivity contribution < 1.29 is 14.1 Å². The maximum Gasteiger partial charge on any atom is 0.433 e. The van der Waals surface area contributed by atoms with E-state index in [0.29, 0.717) is 17.2 Å². The summed E-state index contributed by atoms with van der Waals surface area (Å²) >= 11 is 0. The Labute approximate surface area is 134 Å². The number of rotatable bonds is 3. The molecule has 24 heavy (non-hydrogen) atoms. The molecule has 0 aromatic carbocycles. The molecule has 0 atom stereocenters. The van der Waals surface area contributed by atoms with Crippen LogP contribution in [0.2, 0.25) is 0 Å². The van der Waals surface area contributed by atoms with E-state index < -0.39 is 16.8 Å². The van der Waals surface area contributed by atoms with Crippen molar-refractivity contribution in [3.05, 3.63) is 45.7 Å². The van der Waals surface area contributed by atoms with Gasteiger partial charge in [-0.2, -0.15) is 0 Å². The SMILES string of the molecule is CNC(=O)NC=C1Nn2c(nnc2-c2ccc([N+](=O)[O-])o2)C=C1N. The van der Waals surface area contributed by atoms with E-state index in [1.165, 1.54) is 36.1 Å². The van der Waals surface area contributed by atoms with Crippen LogP contribution in [0.15, 0.2) is 34.1 Å². The summed E-state index contributed by atoms with van der Waals surface area (Å²) in [5.41, 5.74) is 9.48. The molecule has 0 saturated heterocycles. The lowest BCUT2D eigenvalue weighted by atomic mass is 10.3. The maximum atomic E-state index is 11.2. The number of aromatic nitrogens is 3. The minimum absolute atomic E-state index is 0.153. The van der Waals surface area contributed by atoms with E-state index in [4.69, 9.17) is 10.2 Å². The average Bonchev–Trinajstić information content (AvgIpc) is 3.18. The fourth-order valence-corrected chi connectivity index (χ4v) is 1.93. The van der Waals surface area contributed by atoms with Gasteiger partial charge in [-0.1, -0.05) is 0 Å². The first-order valence-electron chi connectivity index (χ1n) is 6.62. The molecular weight excluding hydrogens is 320 g/mol. The van der Waals surface area contributed by atoms with Crippen LogP contribution in [0.1, 0.15) is 5.82 Å². The smallest absolute Gasteiger partial charge is 0.397 e. The Morgan fingerprint density at radius 3 is 2.96 bits per heavy atom. The minimum Gasteiger partial charge on any atom is -0.397 e. The molecule has 3 heterocycles. The highest BCUT2D eigenvalue weighted by atomic mass is 16.6. The van der Waals surface area contributed by atoms with Gasteiger partial charge in [0.05, 0.1) is 17.5 Å². The lowest BCUT2D eigenvalue weighted by molar-refractivity contribution is -0.401. The molecule has 0 saturated carbocycles. The highest BCUT2D eigenvalue weighted by molar-refractivity contribution is 5.75. The Balaban J connectivity index is 1.94. The van der Waals surface area contributed by atoms with Crippen molar-refractivity contribution in [1.29, 1.82) is 0 Å². The molecule has 0 spiro atoms. The second kappa shape index (κ2) is 5.75. The summed E-state index contributed by atoms with van der Waals surface area (Å²) in [6, 6.07) is 2.20. The van der Waals surface area contributed by atoms with Crippen LogP contribution >= 0.6 is 0 Å². The number of furan rings is 1. The first kappa shape index (κ1) is 15.1. The molecule has 12 nitrogen and oxygen atoms in total. The van der Waals surface area contributed by atoms with Crippen molar-refractivity contribution in [2.75, 3.05) is 12.5 Å². The van der Waals surface area contributed by atoms with E-state index in [1.807, 2.05) is 0 Å². The number of nitrogens with one attached hydrogen (secondary N) is 3. The fraction of sp³-hybridized carbons (Fsp3) is 0.0833. The van der Waals surface area contributed by atoms with Gasteiger partial charge in [-0.25, -0.2) is 9.47 Å². The van der Waals surface area contributed by atoms with Gasteiger partial charge in [0.1, 0.15) is 4.92 Å². The molecule has 1 aliphatic heterocycles. The molecule has 12 heteroatoms. The van der Waals surface area contributed by atoms with Crippen LogP contribution in [0.3, 0.4) is 0 Å². The van der Waals surface area contributed by atoms with E-state index in [-0.39, 0.29) is 11.6 Å². The zero-order chi connectivity index (χ0) is 17.3. The van der Waals surface area contributed by atoms with Gasteiger partial charge in [-0.3, -0.25) is 15.5 Å². The van der Waals surface area contributed by atoms with Gasteiger partial charge in [-0.15, -0.1) is 10.2 Å². The van der Waals surface area contributed by atoms with Crippen molar-refractivity contribution in [2.45, 2.75) is 0 Å². The normalized spacial score (nSPS) is 14.5. The number of urea groups is 1. The standard InChI is InChI=1S/C12H12N8O4/c1-14-12(21)15-5-7-6(13)4-9-16-17-11(19(9)18-7)8-2-3-10(24-8)20(22)23/h2-5,18H,13H2,1H3,(H2,14,15,21). The molecule has 2 aromatic rings. The quantitative estimate of drug-likeness (QED) is 0.452. The molecule has 124 valence electrons. The van der Waals surface area contributed by atoms with E-state index in [0.717, 1.165) is 0 Å². The van der Waals surface area contributed by atoms with E-state index >= 15 is 0 Å². The Morgan fingerprint density at radius 2 is 2.29 bits per heavy atom. The lowest BCUT2D eigenvalue weighted by Gasteiger charge is -2.18. The summed E-state index contributed by atoms with van der Waals surface area (Å²) in [5.74, 6) is 0.331. The van der Waals surface area contributed by atoms with E-state index in [2.05, 4.69) is 26.3 Å². The maximum absolute atomic E-state index is 11.2. The number of carbonyl (C=O) groups is 1. The summed E-state index contributed by atoms with van der Waals surface area (Å²) < 4.78 is 6.55. The number of hydrogen-bond acceptors (Lipinski definition) is 8. The van der Waals surface area contributed by atoms with Gasteiger partial charge in [0.2, 0.25) is 5.82 Å². The molecule has 0 unspecified atom stereocenters. The molecular formula is C12H12N8O4. The molecule has 0 radical (unpaired) electrons. The first-order valence-corrected chi connectivity index (χ1v) is 6.62. The predicted octanol–water partition coefficient (Wildman–Crippen LogP) is 0.0734. The molecule has 2 amide bonds. The number of hydrogen-bond donors (Lipinski definition) is 4. The van der Waals surface area contributed by atoms with Gasteiger partial charge in [0.15, 0.2) is 11.6 Å². The van der Waals surface area contributed by atoms with Gasteiger partial charge in [0, 0.05) is 19.3 Å². The highest BCUT2D eigenvalue weighted by Crippen LogP contribution is 2.27. The molecule has 0 bridgehead atoms. The summed E-state index contributed by atoms with van der Waals surface area (Å²) in [6.45, 7) is 0. The third-order valence-corrected chi connectivity index (χ3v) is 3.08. The molecule has 0 aliphatic carbocycles. The second-order valence-corrected chi connectivity index (χ2v) is 4.61. The van der Waals surface area contributed by atoms with Crippen LogP contribution in [-0.4, -0.2) is 32.9 Å². The molecule has 2 aromatic heterocycles. The van der Waals surface area contributed by atoms with Crippen LogP contribution in [-0.2, 0) is 0 Å². The Bertz CT molecular complexity index is 878. The molecule has 5 N–H and O–H groups in total. The molecule has 0 fully saturated rings. The van der Waals surface area contributed by atoms with Gasteiger partial charge < -0.3 is 20.8 Å². The molecule has 1 aliphatic rings. The Hall–Kier alpha value is -3.83. The van der Waals surface area contributed by atoms with E-state index in [9.17, 15) is 14.9 Å². The van der Waals surface area contributed by atoms with Crippen LogP contribution in [0.5, 0.6) is 0 Å². The molecule has 3 rings (SSSR count). The lowest BCUT2D eigenvalue weighted by Crippen LogP contribution is -2.32. The van der Waals surface area contributed by atoms with Crippen molar-refractivity contribution in [3.63, 3.8) is 0 Å². The summed E-state index contributed by atoms with van der Waals surface area (Å²) in [7, 11) is 1.47. The second-order valence-electron chi connectivity index (χ2n) is 4.61. The van der Waals surface area contributed by atoms with Crippen LogP contribution < -0.4 is 21.8 Å². The average molecular weight is 332 g/mol. The largest absolute Gasteiger partial charge is 0.433 e. The van der Waals surface area contributed by atoms with Crippen molar-refractivity contribution in [3.8, 4) is 11.6 Å². The monoisotopic (exact) mass is 332 g/mol. The summed E-state index contributed by atoms with van der Waals surface area (Å²) in [4.78, 5) is 21.3. The number of nitrogens with zero attached hydrogens (tertiary/aromatic N) is 4.